The molecule has 0 aromatic heterocycles. The van der Waals surface area contributed by atoms with Crippen LogP contribution in [-0.2, 0) is 9.59 Å². The molecule has 1 aliphatic rings. The van der Waals surface area contributed by atoms with Gasteiger partial charge in [0.05, 0.1) is 5.69 Å². The first-order valence-electron chi connectivity index (χ1n) is 10.2. The van der Waals surface area contributed by atoms with Crippen molar-refractivity contribution in [1.82, 2.24) is 10.2 Å². The highest BCUT2D eigenvalue weighted by atomic mass is 16.2. The van der Waals surface area contributed by atoms with Crippen LogP contribution in [0.25, 0.3) is 0 Å². The van der Waals surface area contributed by atoms with Crippen molar-refractivity contribution in [2.45, 2.75) is 52.1 Å². The van der Waals surface area contributed by atoms with E-state index in [0.29, 0.717) is 17.9 Å². The van der Waals surface area contributed by atoms with Crippen LogP contribution in [0.2, 0.25) is 0 Å². The van der Waals surface area contributed by atoms with Gasteiger partial charge in [-0.3, -0.25) is 9.59 Å². The molecule has 0 saturated heterocycles. The Morgan fingerprint density at radius 3 is 2.38 bits per heavy atom. The Bertz CT molecular complexity index is 913. The van der Waals surface area contributed by atoms with Gasteiger partial charge in [-0.15, -0.1) is 0 Å². The summed E-state index contributed by atoms with van der Waals surface area (Å²) in [6.45, 7) is 8.53. The second-order valence-corrected chi connectivity index (χ2v) is 8.28. The molecule has 2 aromatic carbocycles. The van der Waals surface area contributed by atoms with Crippen molar-refractivity contribution in [3.63, 3.8) is 0 Å². The number of benzene rings is 2. The molecule has 0 radical (unpaired) electrons. The van der Waals surface area contributed by atoms with Gasteiger partial charge in [0.2, 0.25) is 5.91 Å². The third-order valence-electron chi connectivity index (χ3n) is 4.99. The topological polar surface area (TPSA) is 61.8 Å². The largest absolute Gasteiger partial charge is 0.354 e. The van der Waals surface area contributed by atoms with Crippen LogP contribution in [0.5, 0.6) is 0 Å². The van der Waals surface area contributed by atoms with Gasteiger partial charge < -0.3 is 10.2 Å². The van der Waals surface area contributed by atoms with Crippen LogP contribution >= 0.6 is 0 Å². The number of hydrogen-bond donors (Lipinski definition) is 1. The standard InChI is InChI=1S/C24H29N3O2/c1-5-6-16-25-22(28)21-18-14-10-11-15-19(18)26-20(17-12-8-7-9-13-17)23(29)27(21)24(2,3)4/h7-15,21H,5-6,16H2,1-4H3,(H,25,28). The highest BCUT2D eigenvalue weighted by molar-refractivity contribution is 6.46. The van der Waals surface area contributed by atoms with Crippen molar-refractivity contribution < 1.29 is 9.59 Å². The molecule has 5 heteroatoms. The van der Waals surface area contributed by atoms with E-state index in [1.807, 2.05) is 75.4 Å². The molecule has 1 unspecified atom stereocenters. The number of unbranched alkanes of at least 4 members (excludes halogenated alkanes) is 1. The summed E-state index contributed by atoms with van der Waals surface area (Å²) in [5, 5.41) is 3.02. The van der Waals surface area contributed by atoms with Crippen molar-refractivity contribution in [3.8, 4) is 0 Å². The quantitative estimate of drug-likeness (QED) is 0.768. The Hall–Kier alpha value is -2.95. The molecule has 152 valence electrons. The third-order valence-corrected chi connectivity index (χ3v) is 4.99. The molecule has 2 aromatic rings. The second kappa shape index (κ2) is 8.60. The summed E-state index contributed by atoms with van der Waals surface area (Å²) >= 11 is 0. The molecule has 0 aliphatic carbocycles. The molecule has 3 rings (SSSR count). The molecular formula is C24H29N3O2. The normalized spacial score (nSPS) is 16.7. The summed E-state index contributed by atoms with van der Waals surface area (Å²) in [7, 11) is 0. The van der Waals surface area contributed by atoms with Gasteiger partial charge in [0.15, 0.2) is 0 Å². The number of carbonyl (C=O) groups is 2. The summed E-state index contributed by atoms with van der Waals surface area (Å²) in [5.41, 5.74) is 1.93. The Kier molecular flexibility index (Phi) is 6.16. The van der Waals surface area contributed by atoms with Crippen LogP contribution in [0, 0.1) is 0 Å². The molecule has 29 heavy (non-hydrogen) atoms. The summed E-state index contributed by atoms with van der Waals surface area (Å²) in [4.78, 5) is 33.4. The number of amides is 2. The minimum atomic E-state index is -0.736. The Labute approximate surface area is 172 Å². The van der Waals surface area contributed by atoms with Crippen LogP contribution in [-0.4, -0.2) is 34.5 Å². The van der Waals surface area contributed by atoms with E-state index >= 15 is 0 Å². The summed E-state index contributed by atoms with van der Waals surface area (Å²) in [6.07, 6.45) is 1.89. The van der Waals surface area contributed by atoms with Crippen LogP contribution in [0.1, 0.15) is 57.7 Å². The van der Waals surface area contributed by atoms with Crippen molar-refractivity contribution in [2.75, 3.05) is 6.54 Å². The lowest BCUT2D eigenvalue weighted by atomic mass is 9.95. The Morgan fingerprint density at radius 1 is 1.07 bits per heavy atom. The van der Waals surface area contributed by atoms with Gasteiger partial charge in [-0.05, 0) is 33.3 Å². The van der Waals surface area contributed by atoms with Gasteiger partial charge in [0.25, 0.3) is 5.91 Å². The number of nitrogens with zero attached hydrogens (tertiary/aromatic N) is 2. The van der Waals surface area contributed by atoms with Crippen molar-refractivity contribution in [2.24, 2.45) is 4.99 Å². The lowest BCUT2D eigenvalue weighted by Gasteiger charge is -2.40. The number of carbonyl (C=O) groups excluding carboxylic acids is 2. The van der Waals surface area contributed by atoms with Gasteiger partial charge in [-0.2, -0.15) is 0 Å². The first-order chi connectivity index (χ1) is 13.8. The lowest BCUT2D eigenvalue weighted by Crippen LogP contribution is -2.54. The zero-order valence-electron chi connectivity index (χ0n) is 17.6. The summed E-state index contributed by atoms with van der Waals surface area (Å²) in [6, 6.07) is 16.2. The van der Waals surface area contributed by atoms with Crippen LogP contribution in [0.4, 0.5) is 5.69 Å². The maximum atomic E-state index is 13.7. The first kappa shape index (κ1) is 20.8. The molecule has 1 atom stereocenters. The molecule has 2 amide bonds. The average Bonchev–Trinajstić information content (AvgIpc) is 2.83. The molecule has 5 nitrogen and oxygen atoms in total. The number of rotatable bonds is 5. The Balaban J connectivity index is 2.16. The number of aliphatic imine (C=N–C) groups is 1. The van der Waals surface area contributed by atoms with E-state index in [2.05, 4.69) is 12.2 Å². The number of hydrogen-bond acceptors (Lipinski definition) is 3. The van der Waals surface area contributed by atoms with Crippen molar-refractivity contribution in [1.29, 1.82) is 0 Å². The summed E-state index contributed by atoms with van der Waals surface area (Å²) in [5.74, 6) is -0.408. The van der Waals surface area contributed by atoms with Gasteiger partial charge in [0.1, 0.15) is 11.8 Å². The van der Waals surface area contributed by atoms with E-state index in [4.69, 9.17) is 4.99 Å². The van der Waals surface area contributed by atoms with Crippen molar-refractivity contribution in [3.05, 3.63) is 65.7 Å². The lowest BCUT2D eigenvalue weighted by molar-refractivity contribution is -0.141. The van der Waals surface area contributed by atoms with Crippen LogP contribution in [0.3, 0.4) is 0 Å². The van der Waals surface area contributed by atoms with Gasteiger partial charge in [-0.25, -0.2) is 4.99 Å². The van der Waals surface area contributed by atoms with Gasteiger partial charge >= 0.3 is 0 Å². The molecule has 0 saturated carbocycles. The zero-order valence-corrected chi connectivity index (χ0v) is 17.6. The maximum absolute atomic E-state index is 13.7. The second-order valence-electron chi connectivity index (χ2n) is 8.28. The van der Waals surface area contributed by atoms with E-state index in [-0.39, 0.29) is 11.8 Å². The van der Waals surface area contributed by atoms with E-state index in [1.54, 1.807) is 4.90 Å². The van der Waals surface area contributed by atoms with E-state index in [9.17, 15) is 9.59 Å². The molecule has 1 aliphatic heterocycles. The smallest absolute Gasteiger partial charge is 0.274 e. The molecule has 0 spiro atoms. The number of nitrogens with one attached hydrogen (secondary N) is 1. The maximum Gasteiger partial charge on any atom is 0.274 e. The minimum absolute atomic E-state index is 0.168. The van der Waals surface area contributed by atoms with Gasteiger partial charge in [-0.1, -0.05) is 61.9 Å². The molecule has 1 heterocycles. The molecule has 0 fully saturated rings. The van der Waals surface area contributed by atoms with E-state index in [1.165, 1.54) is 0 Å². The van der Waals surface area contributed by atoms with E-state index < -0.39 is 11.6 Å². The monoisotopic (exact) mass is 391 g/mol. The van der Waals surface area contributed by atoms with Crippen molar-refractivity contribution >= 4 is 23.2 Å². The molecular weight excluding hydrogens is 362 g/mol. The van der Waals surface area contributed by atoms with Crippen LogP contribution in [0.15, 0.2) is 59.6 Å². The third kappa shape index (κ3) is 4.39. The highest BCUT2D eigenvalue weighted by Crippen LogP contribution is 2.38. The Morgan fingerprint density at radius 2 is 1.72 bits per heavy atom. The van der Waals surface area contributed by atoms with Crippen LogP contribution < -0.4 is 5.32 Å². The fourth-order valence-corrected chi connectivity index (χ4v) is 3.58. The minimum Gasteiger partial charge on any atom is -0.354 e. The first-order valence-corrected chi connectivity index (χ1v) is 10.2. The predicted molar refractivity (Wildman–Crippen MR) is 116 cm³/mol. The molecule has 0 bridgehead atoms. The summed E-state index contributed by atoms with van der Waals surface area (Å²) < 4.78 is 0. The molecule has 1 N–H and O–H groups in total. The fraction of sp³-hybridized carbons (Fsp3) is 0.375. The van der Waals surface area contributed by atoms with E-state index in [0.717, 1.165) is 24.0 Å². The average molecular weight is 392 g/mol. The van der Waals surface area contributed by atoms with Gasteiger partial charge in [0, 0.05) is 23.2 Å². The SMILES string of the molecule is CCCCNC(=O)C1c2ccccc2N=C(c2ccccc2)C(=O)N1C(C)(C)C. The zero-order chi connectivity index (χ0) is 21.0. The fourth-order valence-electron chi connectivity index (χ4n) is 3.58. The highest BCUT2D eigenvalue weighted by Gasteiger charge is 2.42. The number of fused-ring (bicyclic) bond motifs is 1. The predicted octanol–water partition coefficient (Wildman–Crippen LogP) is 4.41. The number of para-hydroxylation sites is 1.